The molecule has 7 aromatic rings. The fraction of sp³-hybridized carbons (Fsp3) is 0. The lowest BCUT2D eigenvalue weighted by atomic mass is 10.1. The number of fused-ring (bicyclic) bond motifs is 6. The van der Waals surface area contributed by atoms with E-state index in [1.165, 1.54) is 20.2 Å². The molecule has 7 rings (SSSR count). The fourth-order valence-corrected chi connectivity index (χ4v) is 5.68. The number of aromatic nitrogens is 4. The highest BCUT2D eigenvalue weighted by Crippen LogP contribution is 2.39. The van der Waals surface area contributed by atoms with Crippen molar-refractivity contribution in [2.75, 3.05) is 0 Å². The third-order valence-electron chi connectivity index (χ3n) is 6.01. The Morgan fingerprint density at radius 3 is 2.41 bits per heavy atom. The molecule has 0 aliphatic carbocycles. The van der Waals surface area contributed by atoms with E-state index in [-0.39, 0.29) is 0 Å². The number of thiophene rings is 1. The Morgan fingerprint density at radius 2 is 1.47 bits per heavy atom. The van der Waals surface area contributed by atoms with Gasteiger partial charge in [0.1, 0.15) is 5.82 Å². The van der Waals surface area contributed by atoms with Gasteiger partial charge in [-0.05, 0) is 65.7 Å². The molecular formula is C27H16N4S. The smallest absolute Gasteiger partial charge is 0.138 e. The number of hydrogen-bond acceptors (Lipinski definition) is 4. The summed E-state index contributed by atoms with van der Waals surface area (Å²) in [7, 11) is 0. The molecule has 5 aromatic heterocycles. The van der Waals surface area contributed by atoms with Crippen LogP contribution in [0.1, 0.15) is 0 Å². The minimum Gasteiger partial charge on any atom is -0.292 e. The summed E-state index contributed by atoms with van der Waals surface area (Å²) in [6, 6.07) is 25.5. The van der Waals surface area contributed by atoms with Crippen LogP contribution in [0.25, 0.3) is 59.1 Å². The second-order valence-electron chi connectivity index (χ2n) is 7.81. The van der Waals surface area contributed by atoms with Crippen LogP contribution in [0.15, 0.2) is 97.6 Å². The lowest BCUT2D eigenvalue weighted by Gasteiger charge is -2.09. The van der Waals surface area contributed by atoms with Crippen molar-refractivity contribution in [3.05, 3.63) is 97.6 Å². The highest BCUT2D eigenvalue weighted by atomic mass is 32.1. The van der Waals surface area contributed by atoms with Gasteiger partial charge in [-0.3, -0.25) is 14.5 Å². The third-order valence-corrected chi connectivity index (χ3v) is 7.14. The van der Waals surface area contributed by atoms with Crippen LogP contribution in [0.3, 0.4) is 0 Å². The minimum absolute atomic E-state index is 0.882. The van der Waals surface area contributed by atoms with Gasteiger partial charge in [-0.25, -0.2) is 4.98 Å². The summed E-state index contributed by atoms with van der Waals surface area (Å²) in [5, 5.41) is 3.72. The average molecular weight is 429 g/mol. The van der Waals surface area contributed by atoms with Crippen LogP contribution < -0.4 is 0 Å². The number of benzene rings is 2. The van der Waals surface area contributed by atoms with Crippen molar-refractivity contribution in [3.63, 3.8) is 0 Å². The molecule has 0 aliphatic heterocycles. The second-order valence-corrected chi connectivity index (χ2v) is 8.89. The van der Waals surface area contributed by atoms with Crippen molar-refractivity contribution in [2.24, 2.45) is 0 Å². The van der Waals surface area contributed by atoms with E-state index in [0.29, 0.717) is 0 Å². The number of pyridine rings is 3. The first kappa shape index (κ1) is 17.6. The number of rotatable bonds is 2. The van der Waals surface area contributed by atoms with Crippen molar-refractivity contribution < 1.29 is 0 Å². The predicted molar refractivity (Wildman–Crippen MR) is 132 cm³/mol. The van der Waals surface area contributed by atoms with Crippen molar-refractivity contribution in [3.8, 4) is 16.9 Å². The molecule has 5 heteroatoms. The molecule has 2 aromatic carbocycles. The largest absolute Gasteiger partial charge is 0.292 e. The zero-order valence-corrected chi connectivity index (χ0v) is 17.8. The second kappa shape index (κ2) is 6.70. The Kier molecular flexibility index (Phi) is 3.68. The SMILES string of the molecule is c1ccc2c(c1)sc1cc3c(cc12)c1ncccc1n3-c1cc(-c2ccncc2)ccn1. The Bertz CT molecular complexity index is 1780. The standard InChI is InChI=1S/C27H16N4S/c1-2-6-24-19(4-1)20-15-21-23(16-25(20)32-24)31(22-5-3-10-30-27(21)22)26-14-18(9-13-29-26)17-7-11-28-12-8-17/h1-16H. The summed E-state index contributed by atoms with van der Waals surface area (Å²) in [5.74, 6) is 0.882. The molecule has 0 bridgehead atoms. The Labute approximate surface area is 187 Å². The summed E-state index contributed by atoms with van der Waals surface area (Å²) in [6.45, 7) is 0. The van der Waals surface area contributed by atoms with E-state index in [0.717, 1.165) is 38.9 Å². The number of nitrogens with zero attached hydrogens (tertiary/aromatic N) is 4. The van der Waals surface area contributed by atoms with E-state index < -0.39 is 0 Å². The summed E-state index contributed by atoms with van der Waals surface area (Å²) >= 11 is 1.83. The molecule has 5 heterocycles. The van der Waals surface area contributed by atoms with Gasteiger partial charge >= 0.3 is 0 Å². The van der Waals surface area contributed by atoms with E-state index in [4.69, 9.17) is 9.97 Å². The summed E-state index contributed by atoms with van der Waals surface area (Å²) in [6.07, 6.45) is 7.37. The van der Waals surface area contributed by atoms with Crippen LogP contribution >= 0.6 is 11.3 Å². The Hall–Kier alpha value is -4.09. The average Bonchev–Trinajstić information content (AvgIpc) is 3.38. The van der Waals surface area contributed by atoms with Crippen LogP contribution in [0, 0.1) is 0 Å². The molecule has 0 N–H and O–H groups in total. The summed E-state index contributed by atoms with van der Waals surface area (Å²) < 4.78 is 4.80. The van der Waals surface area contributed by atoms with Gasteiger partial charge in [-0.2, -0.15) is 0 Å². The highest BCUT2D eigenvalue weighted by Gasteiger charge is 2.17. The predicted octanol–water partition coefficient (Wildman–Crippen LogP) is 7.00. The van der Waals surface area contributed by atoms with Crippen molar-refractivity contribution >= 4 is 53.4 Å². The molecule has 0 unspecified atom stereocenters. The summed E-state index contributed by atoms with van der Waals surface area (Å²) in [5.41, 5.74) is 5.41. The van der Waals surface area contributed by atoms with E-state index in [9.17, 15) is 0 Å². The third kappa shape index (κ3) is 2.52. The zero-order chi connectivity index (χ0) is 21.1. The van der Waals surface area contributed by atoms with Gasteiger partial charge < -0.3 is 0 Å². The Morgan fingerprint density at radius 1 is 0.594 bits per heavy atom. The van der Waals surface area contributed by atoms with Gasteiger partial charge in [0, 0.05) is 50.3 Å². The van der Waals surface area contributed by atoms with Gasteiger partial charge in [0.2, 0.25) is 0 Å². The molecule has 0 spiro atoms. The van der Waals surface area contributed by atoms with Crippen molar-refractivity contribution in [1.82, 2.24) is 19.5 Å². The topological polar surface area (TPSA) is 43.6 Å². The molecule has 0 fully saturated rings. The van der Waals surface area contributed by atoms with E-state index in [1.54, 1.807) is 0 Å². The molecule has 0 radical (unpaired) electrons. The highest BCUT2D eigenvalue weighted by molar-refractivity contribution is 7.25. The lowest BCUT2D eigenvalue weighted by Crippen LogP contribution is -1.97. The van der Waals surface area contributed by atoms with Gasteiger partial charge in [-0.15, -0.1) is 11.3 Å². The molecule has 0 aliphatic rings. The first-order valence-electron chi connectivity index (χ1n) is 10.4. The summed E-state index contributed by atoms with van der Waals surface area (Å²) in [4.78, 5) is 13.7. The van der Waals surface area contributed by atoms with Crippen LogP contribution in [0.4, 0.5) is 0 Å². The molecule has 0 amide bonds. The van der Waals surface area contributed by atoms with Crippen molar-refractivity contribution in [1.29, 1.82) is 0 Å². The molecule has 4 nitrogen and oxygen atoms in total. The zero-order valence-electron chi connectivity index (χ0n) is 16.9. The molecule has 0 saturated carbocycles. The van der Waals surface area contributed by atoms with Crippen LogP contribution in [0.2, 0.25) is 0 Å². The van der Waals surface area contributed by atoms with Gasteiger partial charge in [0.25, 0.3) is 0 Å². The maximum Gasteiger partial charge on any atom is 0.138 e. The van der Waals surface area contributed by atoms with E-state index >= 15 is 0 Å². The van der Waals surface area contributed by atoms with Gasteiger partial charge in [-0.1, -0.05) is 18.2 Å². The van der Waals surface area contributed by atoms with E-state index in [2.05, 4.69) is 58.1 Å². The molecular weight excluding hydrogens is 412 g/mol. The minimum atomic E-state index is 0.882. The van der Waals surface area contributed by atoms with Gasteiger partial charge in [0.15, 0.2) is 0 Å². The number of hydrogen-bond donors (Lipinski definition) is 0. The van der Waals surface area contributed by atoms with Crippen molar-refractivity contribution in [2.45, 2.75) is 0 Å². The van der Waals surface area contributed by atoms with Crippen LogP contribution in [-0.2, 0) is 0 Å². The normalized spacial score (nSPS) is 11.8. The quantitative estimate of drug-likeness (QED) is 0.298. The fourth-order valence-electron chi connectivity index (χ4n) is 4.56. The first-order chi connectivity index (χ1) is 15.9. The first-order valence-corrected chi connectivity index (χ1v) is 11.3. The Balaban J connectivity index is 1.57. The molecule has 0 atom stereocenters. The maximum absolute atomic E-state index is 4.75. The molecule has 0 saturated heterocycles. The maximum atomic E-state index is 4.75. The lowest BCUT2D eigenvalue weighted by molar-refractivity contribution is 1.08. The van der Waals surface area contributed by atoms with E-state index in [1.807, 2.05) is 60.4 Å². The monoisotopic (exact) mass is 428 g/mol. The van der Waals surface area contributed by atoms with Gasteiger partial charge in [0.05, 0.1) is 16.6 Å². The molecule has 32 heavy (non-hydrogen) atoms. The molecule has 150 valence electrons. The van der Waals surface area contributed by atoms with Crippen LogP contribution in [0.5, 0.6) is 0 Å². The van der Waals surface area contributed by atoms with Crippen LogP contribution in [-0.4, -0.2) is 19.5 Å².